The van der Waals surface area contributed by atoms with Crippen molar-refractivity contribution in [2.45, 2.75) is 26.4 Å². The minimum Gasteiger partial charge on any atom is -0.507 e. The zero-order chi connectivity index (χ0) is 21.0. The first-order valence-corrected chi connectivity index (χ1v) is 8.43. The van der Waals surface area contributed by atoms with Crippen LogP contribution in [0.4, 0.5) is 16.2 Å². The first-order valence-electron chi connectivity index (χ1n) is 8.43. The Labute approximate surface area is 161 Å². The average Bonchev–Trinajstić information content (AvgIpc) is 2.72. The number of hydrogen-bond acceptors (Lipinski definition) is 7. The molecule has 0 saturated heterocycles. The Morgan fingerprint density at radius 2 is 0.929 bits per heavy atom. The molecule has 2 rings (SSSR count). The van der Waals surface area contributed by atoms with Crippen molar-refractivity contribution in [1.82, 2.24) is 0 Å². The van der Waals surface area contributed by atoms with Gasteiger partial charge in [-0.15, -0.1) is 0 Å². The lowest BCUT2D eigenvalue weighted by molar-refractivity contribution is 0.252. The van der Waals surface area contributed by atoms with Crippen LogP contribution >= 0.6 is 0 Å². The molecule has 0 unspecified atom stereocenters. The molecule has 0 aliphatic rings. The second-order valence-electron chi connectivity index (χ2n) is 6.26. The van der Waals surface area contributed by atoms with E-state index < -0.39 is 32.5 Å². The maximum Gasteiger partial charge on any atom is 0.328 e. The van der Waals surface area contributed by atoms with Gasteiger partial charge in [0.05, 0.1) is 26.4 Å². The van der Waals surface area contributed by atoms with Crippen molar-refractivity contribution in [2.24, 2.45) is 0 Å². The van der Waals surface area contributed by atoms with Gasteiger partial charge in [0.1, 0.15) is 11.5 Å². The van der Waals surface area contributed by atoms with Crippen molar-refractivity contribution >= 4 is 17.4 Å². The maximum absolute atomic E-state index is 12.9. The number of urea groups is 1. The molecule has 6 N–H and O–H groups in total. The summed E-state index contributed by atoms with van der Waals surface area (Å²) in [6, 6.07) is 5.20. The molecule has 0 aliphatic heterocycles. The van der Waals surface area contributed by atoms with Crippen molar-refractivity contribution in [1.29, 1.82) is 0 Å². The Kier molecular flexibility index (Phi) is 6.81. The average molecular weight is 392 g/mol. The summed E-state index contributed by atoms with van der Waals surface area (Å²) in [5.74, 6) is -0.469. The zero-order valence-corrected chi connectivity index (χ0v) is 15.6. The highest BCUT2D eigenvalue weighted by molar-refractivity contribution is 6.03. The lowest BCUT2D eigenvalue weighted by atomic mass is 10.1. The van der Waals surface area contributed by atoms with Crippen LogP contribution in [0.5, 0.6) is 11.5 Å². The molecule has 0 heterocycles. The van der Waals surface area contributed by atoms with Gasteiger partial charge in [0, 0.05) is 47.7 Å². The van der Waals surface area contributed by atoms with Gasteiger partial charge in [-0.2, -0.15) is 0 Å². The summed E-state index contributed by atoms with van der Waals surface area (Å²) in [7, 11) is 2.96. The van der Waals surface area contributed by atoms with Gasteiger partial charge in [-0.1, -0.05) is 0 Å². The van der Waals surface area contributed by atoms with E-state index in [1.54, 1.807) is 0 Å². The van der Waals surface area contributed by atoms with Crippen LogP contribution in [-0.2, 0) is 26.4 Å². The minimum absolute atomic E-state index is 0.165. The van der Waals surface area contributed by atoms with Crippen molar-refractivity contribution in [2.75, 3.05) is 23.9 Å². The molecule has 0 saturated carbocycles. The van der Waals surface area contributed by atoms with Crippen molar-refractivity contribution in [3.8, 4) is 11.5 Å². The minimum atomic E-state index is -0.503. The van der Waals surface area contributed by atoms with Gasteiger partial charge in [0.2, 0.25) is 0 Å². The Bertz CT molecular complexity index is 750. The number of amides is 2. The fourth-order valence-corrected chi connectivity index (χ4v) is 2.80. The summed E-state index contributed by atoms with van der Waals surface area (Å²) >= 11 is 0. The lowest BCUT2D eigenvalue weighted by Gasteiger charge is -2.27. The molecule has 0 bridgehead atoms. The number of rotatable bonds is 6. The van der Waals surface area contributed by atoms with Gasteiger partial charge >= 0.3 is 6.03 Å². The van der Waals surface area contributed by atoms with Gasteiger partial charge < -0.3 is 30.6 Å². The number of aliphatic hydroxyl groups excluding tert-OH is 4. The quantitative estimate of drug-likeness (QED) is 0.426. The van der Waals surface area contributed by atoms with E-state index in [4.69, 9.17) is 0 Å². The second kappa shape index (κ2) is 8.89. The predicted octanol–water partition coefficient (Wildman–Crippen LogP) is 0.760. The highest BCUT2D eigenvalue weighted by Crippen LogP contribution is 2.32. The standard InChI is InChI=1S/C19H24N2O7/c1-20(15-3-11(7-22)17(26)12(4-15)8-23)19(28)21(2)16-5-13(9-24)18(27)14(6-16)10-25/h3-6,22-27H,7-10H2,1-2H3. The number of hydrogen-bond donors (Lipinski definition) is 6. The van der Waals surface area contributed by atoms with E-state index in [1.807, 2.05) is 0 Å². The molecule has 0 fully saturated rings. The Hall–Kier alpha value is -2.85. The molecule has 0 radical (unpaired) electrons. The normalized spacial score (nSPS) is 10.8. The highest BCUT2D eigenvalue weighted by atomic mass is 16.3. The lowest BCUT2D eigenvalue weighted by Crippen LogP contribution is -2.39. The number of aliphatic hydroxyl groups is 4. The third-order valence-corrected chi connectivity index (χ3v) is 4.53. The molecular formula is C19H24N2O7. The molecule has 0 aromatic heterocycles. The van der Waals surface area contributed by atoms with Gasteiger partial charge in [0.15, 0.2) is 0 Å². The number of nitrogens with zero attached hydrogens (tertiary/aromatic N) is 2. The van der Waals surface area contributed by atoms with Crippen LogP contribution in [0.3, 0.4) is 0 Å². The summed E-state index contributed by atoms with van der Waals surface area (Å²) in [4.78, 5) is 15.4. The topological polar surface area (TPSA) is 145 Å². The van der Waals surface area contributed by atoms with E-state index in [1.165, 1.54) is 48.2 Å². The second-order valence-corrected chi connectivity index (χ2v) is 6.26. The fourth-order valence-electron chi connectivity index (χ4n) is 2.80. The van der Waals surface area contributed by atoms with Crippen LogP contribution in [0, 0.1) is 0 Å². The van der Waals surface area contributed by atoms with E-state index in [9.17, 15) is 35.4 Å². The van der Waals surface area contributed by atoms with E-state index in [0.29, 0.717) is 11.4 Å². The third kappa shape index (κ3) is 4.02. The molecule has 2 aromatic rings. The molecule has 28 heavy (non-hydrogen) atoms. The molecule has 2 aromatic carbocycles. The number of phenols is 2. The molecule has 0 atom stereocenters. The zero-order valence-electron chi connectivity index (χ0n) is 15.6. The summed E-state index contributed by atoms with van der Waals surface area (Å²) in [5.41, 5.74) is 1.34. The smallest absolute Gasteiger partial charge is 0.328 e. The maximum atomic E-state index is 12.9. The number of aromatic hydroxyl groups is 2. The Morgan fingerprint density at radius 1 is 0.679 bits per heavy atom. The van der Waals surface area contributed by atoms with Gasteiger partial charge in [-0.25, -0.2) is 4.79 Å². The summed E-state index contributed by atoms with van der Waals surface area (Å²) in [6.07, 6.45) is 0. The van der Waals surface area contributed by atoms with Crippen molar-refractivity contribution < 1.29 is 35.4 Å². The van der Waals surface area contributed by atoms with Crippen LogP contribution in [0.15, 0.2) is 24.3 Å². The number of benzene rings is 2. The number of carbonyl (C=O) groups excluding carboxylic acids is 1. The van der Waals surface area contributed by atoms with E-state index in [0.717, 1.165) is 0 Å². The van der Waals surface area contributed by atoms with Crippen molar-refractivity contribution in [3.05, 3.63) is 46.5 Å². The summed E-state index contributed by atoms with van der Waals surface area (Å²) in [5, 5.41) is 57.5. The summed E-state index contributed by atoms with van der Waals surface area (Å²) in [6.45, 7) is -1.88. The van der Waals surface area contributed by atoms with Gasteiger partial charge in [-0.05, 0) is 24.3 Å². The van der Waals surface area contributed by atoms with Crippen LogP contribution in [0.2, 0.25) is 0 Å². The van der Waals surface area contributed by atoms with Crippen molar-refractivity contribution in [3.63, 3.8) is 0 Å². The predicted molar refractivity (Wildman–Crippen MR) is 102 cm³/mol. The first-order chi connectivity index (χ1) is 13.3. The van der Waals surface area contributed by atoms with Gasteiger partial charge in [0.25, 0.3) is 0 Å². The molecule has 0 aliphatic carbocycles. The highest BCUT2D eigenvalue weighted by Gasteiger charge is 2.21. The van der Waals surface area contributed by atoms with E-state index >= 15 is 0 Å². The Balaban J connectivity index is 2.41. The van der Waals surface area contributed by atoms with Crippen LogP contribution in [-0.4, -0.2) is 50.8 Å². The van der Waals surface area contributed by atoms with E-state index in [-0.39, 0.29) is 33.8 Å². The largest absolute Gasteiger partial charge is 0.507 e. The molecular weight excluding hydrogens is 368 g/mol. The van der Waals surface area contributed by atoms with E-state index in [2.05, 4.69) is 0 Å². The first kappa shape index (κ1) is 21.5. The van der Waals surface area contributed by atoms with Crippen LogP contribution < -0.4 is 9.80 Å². The molecule has 152 valence electrons. The summed E-state index contributed by atoms with van der Waals surface area (Å²) < 4.78 is 0. The monoisotopic (exact) mass is 392 g/mol. The Morgan fingerprint density at radius 3 is 1.14 bits per heavy atom. The van der Waals surface area contributed by atoms with Gasteiger partial charge in [-0.3, -0.25) is 9.80 Å². The number of anilines is 2. The van der Waals surface area contributed by atoms with Crippen LogP contribution in [0.1, 0.15) is 22.3 Å². The molecule has 9 heteroatoms. The molecule has 9 nitrogen and oxygen atoms in total. The van der Waals surface area contributed by atoms with Crippen LogP contribution in [0.25, 0.3) is 0 Å². The third-order valence-electron chi connectivity index (χ3n) is 4.53. The SMILES string of the molecule is CN(C(=O)N(C)c1cc(CO)c(O)c(CO)c1)c1cc(CO)c(O)c(CO)c1. The molecule has 0 spiro atoms. The fraction of sp³-hybridized carbons (Fsp3) is 0.316. The number of carbonyl (C=O) groups is 1. The molecule has 2 amide bonds.